The number of benzene rings is 4. The van der Waals surface area contributed by atoms with Crippen LogP contribution < -0.4 is 10.9 Å². The van der Waals surface area contributed by atoms with Gasteiger partial charge in [-0.15, -0.1) is 0 Å². The number of amides is 2. The highest BCUT2D eigenvalue weighted by Crippen LogP contribution is 2.17. The van der Waals surface area contributed by atoms with E-state index in [9.17, 15) is 9.59 Å². The average Bonchev–Trinajstić information content (AvgIpc) is 2.84. The van der Waals surface area contributed by atoms with Gasteiger partial charge in [0.05, 0.1) is 12.4 Å². The summed E-state index contributed by atoms with van der Waals surface area (Å²) < 4.78 is 0. The molecule has 164 valence electrons. The first kappa shape index (κ1) is 21.9. The van der Waals surface area contributed by atoms with Crippen LogP contribution in [-0.4, -0.2) is 24.2 Å². The Morgan fingerprint density at radius 2 is 1.03 bits per heavy atom. The van der Waals surface area contributed by atoms with Crippen molar-refractivity contribution in [2.24, 2.45) is 10.2 Å². The topological polar surface area (TPSA) is 82.9 Å². The van der Waals surface area contributed by atoms with Crippen molar-refractivity contribution >= 4 is 45.8 Å². The summed E-state index contributed by atoms with van der Waals surface area (Å²) in [5, 5.41) is 12.5. The van der Waals surface area contributed by atoms with E-state index in [-0.39, 0.29) is 24.7 Å². The molecule has 0 aliphatic carbocycles. The van der Waals surface area contributed by atoms with Crippen molar-refractivity contribution in [2.75, 3.05) is 0 Å². The first-order valence-electron chi connectivity index (χ1n) is 10.8. The SMILES string of the molecule is O=C(CCCC(=O)N/N=C/c1cccc2ccccc12)N/N=C/c1cccc2ccccc12. The second-order valence-corrected chi connectivity index (χ2v) is 7.58. The van der Waals surface area contributed by atoms with Gasteiger partial charge in [-0.2, -0.15) is 10.2 Å². The summed E-state index contributed by atoms with van der Waals surface area (Å²) in [5.41, 5.74) is 6.90. The van der Waals surface area contributed by atoms with Gasteiger partial charge in [0.15, 0.2) is 0 Å². The number of nitrogens with one attached hydrogen (secondary N) is 2. The van der Waals surface area contributed by atoms with Gasteiger partial charge in [0.1, 0.15) is 0 Å². The van der Waals surface area contributed by atoms with Crippen LogP contribution in [0.5, 0.6) is 0 Å². The van der Waals surface area contributed by atoms with E-state index in [0.717, 1.165) is 32.7 Å². The molecule has 0 radical (unpaired) electrons. The molecule has 4 aromatic rings. The minimum atomic E-state index is -0.237. The normalized spacial score (nSPS) is 11.4. The predicted octanol–water partition coefficient (Wildman–Crippen LogP) is 4.76. The first-order chi connectivity index (χ1) is 16.2. The van der Waals surface area contributed by atoms with Crippen LogP contribution in [0, 0.1) is 0 Å². The third-order valence-corrected chi connectivity index (χ3v) is 5.24. The lowest BCUT2D eigenvalue weighted by molar-refractivity contribution is -0.122. The van der Waals surface area contributed by atoms with Gasteiger partial charge in [-0.1, -0.05) is 84.9 Å². The van der Waals surface area contributed by atoms with Gasteiger partial charge in [0, 0.05) is 24.0 Å². The predicted molar refractivity (Wildman–Crippen MR) is 133 cm³/mol. The second-order valence-electron chi connectivity index (χ2n) is 7.58. The minimum Gasteiger partial charge on any atom is -0.273 e. The van der Waals surface area contributed by atoms with Crippen LogP contribution in [0.1, 0.15) is 30.4 Å². The summed E-state index contributed by atoms with van der Waals surface area (Å²) >= 11 is 0. The van der Waals surface area contributed by atoms with E-state index in [1.165, 1.54) is 0 Å². The summed E-state index contributed by atoms with van der Waals surface area (Å²) in [6, 6.07) is 27.8. The highest BCUT2D eigenvalue weighted by Gasteiger charge is 2.04. The van der Waals surface area contributed by atoms with Crippen LogP contribution in [0.25, 0.3) is 21.5 Å². The highest BCUT2D eigenvalue weighted by atomic mass is 16.2. The monoisotopic (exact) mass is 436 g/mol. The van der Waals surface area contributed by atoms with Crippen molar-refractivity contribution in [1.29, 1.82) is 0 Å². The van der Waals surface area contributed by atoms with E-state index in [2.05, 4.69) is 21.1 Å². The van der Waals surface area contributed by atoms with Crippen molar-refractivity contribution < 1.29 is 9.59 Å². The second kappa shape index (κ2) is 10.8. The Morgan fingerprint density at radius 1 is 0.606 bits per heavy atom. The largest absolute Gasteiger partial charge is 0.273 e. The third-order valence-electron chi connectivity index (χ3n) is 5.24. The average molecular weight is 437 g/mol. The summed E-state index contributed by atoms with van der Waals surface area (Å²) in [4.78, 5) is 24.0. The third kappa shape index (κ3) is 5.89. The molecule has 0 unspecified atom stereocenters. The van der Waals surface area contributed by atoms with E-state index in [1.807, 2.05) is 84.9 Å². The standard InChI is InChI=1S/C27H24N4O2/c32-26(30-28-18-22-12-5-10-20-8-1-3-14-24(20)22)16-7-17-27(33)31-29-19-23-13-6-11-21-9-2-4-15-25(21)23/h1-6,8-15,18-19H,7,16-17H2,(H,30,32)(H,31,33)/b28-18+,29-19+. The Labute approximate surface area is 192 Å². The van der Waals surface area contributed by atoms with Crippen LogP contribution in [-0.2, 0) is 9.59 Å². The number of rotatable bonds is 8. The van der Waals surface area contributed by atoms with Crippen molar-refractivity contribution in [3.63, 3.8) is 0 Å². The molecule has 6 nitrogen and oxygen atoms in total. The van der Waals surface area contributed by atoms with Gasteiger partial charge in [-0.25, -0.2) is 10.9 Å². The Bertz CT molecular complexity index is 1230. The molecule has 4 aromatic carbocycles. The van der Waals surface area contributed by atoms with Gasteiger partial charge in [0.25, 0.3) is 0 Å². The van der Waals surface area contributed by atoms with E-state index in [1.54, 1.807) is 12.4 Å². The molecule has 6 heteroatoms. The zero-order valence-corrected chi connectivity index (χ0v) is 18.1. The van der Waals surface area contributed by atoms with Crippen LogP contribution in [0.4, 0.5) is 0 Å². The van der Waals surface area contributed by atoms with Crippen LogP contribution >= 0.6 is 0 Å². The quantitative estimate of drug-likeness (QED) is 0.308. The van der Waals surface area contributed by atoms with Gasteiger partial charge in [0.2, 0.25) is 11.8 Å². The number of fused-ring (bicyclic) bond motifs is 2. The molecule has 33 heavy (non-hydrogen) atoms. The molecule has 0 aliphatic heterocycles. The molecule has 2 amide bonds. The fourth-order valence-electron chi connectivity index (χ4n) is 3.60. The van der Waals surface area contributed by atoms with E-state index >= 15 is 0 Å². The zero-order valence-electron chi connectivity index (χ0n) is 18.1. The molecule has 0 spiro atoms. The molecular formula is C27H24N4O2. The number of hydrogen-bond donors (Lipinski definition) is 2. The summed E-state index contributed by atoms with van der Waals surface area (Å²) in [5.74, 6) is -0.475. The van der Waals surface area contributed by atoms with Crippen molar-refractivity contribution in [2.45, 2.75) is 19.3 Å². The van der Waals surface area contributed by atoms with E-state index in [4.69, 9.17) is 0 Å². The lowest BCUT2D eigenvalue weighted by Gasteiger charge is -2.03. The molecule has 0 heterocycles. The maximum Gasteiger partial charge on any atom is 0.240 e. The molecule has 0 saturated carbocycles. The number of hydrogen-bond acceptors (Lipinski definition) is 4. The summed E-state index contributed by atoms with van der Waals surface area (Å²) in [7, 11) is 0. The Morgan fingerprint density at radius 3 is 1.52 bits per heavy atom. The molecule has 0 fully saturated rings. The van der Waals surface area contributed by atoms with Crippen LogP contribution in [0.2, 0.25) is 0 Å². The molecule has 0 bridgehead atoms. The molecular weight excluding hydrogens is 412 g/mol. The Balaban J connectivity index is 1.20. The smallest absolute Gasteiger partial charge is 0.240 e. The molecule has 2 N–H and O–H groups in total. The van der Waals surface area contributed by atoms with Crippen molar-refractivity contribution in [1.82, 2.24) is 10.9 Å². The Hall–Kier alpha value is -4.32. The molecule has 4 rings (SSSR count). The first-order valence-corrected chi connectivity index (χ1v) is 10.8. The minimum absolute atomic E-state index is 0.202. The molecule has 0 aromatic heterocycles. The van der Waals surface area contributed by atoms with Gasteiger partial charge in [-0.3, -0.25) is 9.59 Å². The number of carbonyl (C=O) groups excluding carboxylic acids is 2. The maximum atomic E-state index is 12.0. The zero-order chi connectivity index (χ0) is 22.9. The molecule has 0 aliphatic rings. The summed E-state index contributed by atoms with van der Waals surface area (Å²) in [6.07, 6.45) is 4.08. The van der Waals surface area contributed by atoms with Crippen molar-refractivity contribution in [3.05, 3.63) is 96.1 Å². The number of hydrazone groups is 2. The van der Waals surface area contributed by atoms with Crippen molar-refractivity contribution in [3.8, 4) is 0 Å². The van der Waals surface area contributed by atoms with Gasteiger partial charge in [-0.05, 0) is 28.0 Å². The Kier molecular flexibility index (Phi) is 7.18. The van der Waals surface area contributed by atoms with Crippen LogP contribution in [0.3, 0.4) is 0 Å². The maximum absolute atomic E-state index is 12.0. The lowest BCUT2D eigenvalue weighted by Crippen LogP contribution is -2.20. The lowest BCUT2D eigenvalue weighted by atomic mass is 10.1. The van der Waals surface area contributed by atoms with Gasteiger partial charge < -0.3 is 0 Å². The fourth-order valence-corrected chi connectivity index (χ4v) is 3.60. The van der Waals surface area contributed by atoms with E-state index in [0.29, 0.717) is 6.42 Å². The number of carbonyl (C=O) groups is 2. The highest BCUT2D eigenvalue weighted by molar-refractivity contribution is 6.00. The molecule has 0 saturated heterocycles. The van der Waals surface area contributed by atoms with Gasteiger partial charge >= 0.3 is 0 Å². The van der Waals surface area contributed by atoms with E-state index < -0.39 is 0 Å². The molecule has 0 atom stereocenters. The fraction of sp³-hybridized carbons (Fsp3) is 0.111. The summed E-state index contributed by atoms with van der Waals surface area (Å²) in [6.45, 7) is 0. The number of nitrogens with zero attached hydrogens (tertiary/aromatic N) is 2. The van der Waals surface area contributed by atoms with Crippen LogP contribution in [0.15, 0.2) is 95.1 Å².